The molecule has 0 atom stereocenters. The van der Waals surface area contributed by atoms with Crippen molar-refractivity contribution >= 4 is 21.6 Å². The zero-order valence-electron chi connectivity index (χ0n) is 13.4. The first-order valence-electron chi connectivity index (χ1n) is 7.76. The van der Waals surface area contributed by atoms with Crippen molar-refractivity contribution in [2.24, 2.45) is 0 Å². The van der Waals surface area contributed by atoms with Gasteiger partial charge in [-0.05, 0) is 49.2 Å². The van der Waals surface area contributed by atoms with Gasteiger partial charge in [0, 0.05) is 17.3 Å². The van der Waals surface area contributed by atoms with Gasteiger partial charge in [-0.2, -0.15) is 13.2 Å². The third kappa shape index (κ3) is 4.34. The van der Waals surface area contributed by atoms with Crippen LogP contribution < -0.4 is 10.0 Å². The van der Waals surface area contributed by atoms with Gasteiger partial charge in [0.15, 0.2) is 0 Å². The SMILES string of the molecule is O=C(NC1CC1)c1cccc(NS(=O)(=O)c2cccc(C(F)(F)F)c2)c1. The molecule has 0 radical (unpaired) electrons. The second-order valence-electron chi connectivity index (χ2n) is 5.96. The summed E-state index contributed by atoms with van der Waals surface area (Å²) in [4.78, 5) is 11.5. The number of benzene rings is 2. The maximum atomic E-state index is 12.8. The second kappa shape index (κ2) is 6.64. The van der Waals surface area contributed by atoms with Gasteiger partial charge in [0.1, 0.15) is 0 Å². The Morgan fingerprint density at radius 1 is 1.04 bits per heavy atom. The van der Waals surface area contributed by atoms with Crippen molar-refractivity contribution in [2.75, 3.05) is 4.72 Å². The van der Waals surface area contributed by atoms with E-state index in [0.29, 0.717) is 6.07 Å². The standard InChI is InChI=1S/C17H15F3N2O3S/c18-17(19,20)12-4-2-6-15(10-12)26(24,25)22-14-5-1-3-11(9-14)16(23)21-13-7-8-13/h1-6,9-10,13,22H,7-8H2,(H,21,23). The lowest BCUT2D eigenvalue weighted by Crippen LogP contribution is -2.25. The summed E-state index contributed by atoms with van der Waals surface area (Å²) >= 11 is 0. The van der Waals surface area contributed by atoms with Crippen molar-refractivity contribution in [3.05, 3.63) is 59.7 Å². The fourth-order valence-electron chi connectivity index (χ4n) is 2.27. The highest BCUT2D eigenvalue weighted by Crippen LogP contribution is 2.31. The molecule has 2 aromatic carbocycles. The molecule has 1 amide bonds. The number of hydrogen-bond acceptors (Lipinski definition) is 3. The fraction of sp³-hybridized carbons (Fsp3) is 0.235. The minimum absolute atomic E-state index is 0.0888. The van der Waals surface area contributed by atoms with Gasteiger partial charge in [-0.1, -0.05) is 12.1 Å². The maximum Gasteiger partial charge on any atom is 0.416 e. The Morgan fingerprint density at radius 2 is 1.73 bits per heavy atom. The molecule has 0 aliphatic heterocycles. The number of carbonyl (C=O) groups excluding carboxylic acids is 1. The van der Waals surface area contributed by atoms with Crippen LogP contribution in [0, 0.1) is 0 Å². The van der Waals surface area contributed by atoms with Gasteiger partial charge in [-0.15, -0.1) is 0 Å². The molecular formula is C17H15F3N2O3S. The molecule has 26 heavy (non-hydrogen) atoms. The largest absolute Gasteiger partial charge is 0.416 e. The van der Waals surface area contributed by atoms with Gasteiger partial charge in [0.2, 0.25) is 0 Å². The number of rotatable bonds is 5. The first-order valence-corrected chi connectivity index (χ1v) is 9.24. The summed E-state index contributed by atoms with van der Waals surface area (Å²) in [7, 11) is -4.23. The van der Waals surface area contributed by atoms with E-state index in [0.717, 1.165) is 31.0 Å². The Labute approximate surface area is 148 Å². The van der Waals surface area contributed by atoms with Crippen LogP contribution in [-0.4, -0.2) is 20.4 Å². The topological polar surface area (TPSA) is 75.3 Å². The smallest absolute Gasteiger partial charge is 0.349 e. The van der Waals surface area contributed by atoms with E-state index in [4.69, 9.17) is 0 Å². The summed E-state index contributed by atoms with van der Waals surface area (Å²) in [5, 5.41) is 2.77. The molecule has 2 aromatic rings. The van der Waals surface area contributed by atoms with E-state index in [-0.39, 0.29) is 23.2 Å². The number of nitrogens with one attached hydrogen (secondary N) is 2. The molecule has 1 fully saturated rings. The predicted molar refractivity (Wildman–Crippen MR) is 89.2 cm³/mol. The van der Waals surface area contributed by atoms with Crippen molar-refractivity contribution in [3.63, 3.8) is 0 Å². The van der Waals surface area contributed by atoms with Crippen LogP contribution in [-0.2, 0) is 16.2 Å². The molecule has 0 spiro atoms. The molecule has 0 bridgehead atoms. The van der Waals surface area contributed by atoms with E-state index >= 15 is 0 Å². The summed E-state index contributed by atoms with van der Waals surface area (Å²) in [6.07, 6.45) is -2.83. The van der Waals surface area contributed by atoms with E-state index in [2.05, 4.69) is 10.0 Å². The van der Waals surface area contributed by atoms with Crippen molar-refractivity contribution in [2.45, 2.75) is 30.0 Å². The van der Waals surface area contributed by atoms with Gasteiger partial charge in [0.05, 0.1) is 10.5 Å². The minimum Gasteiger partial charge on any atom is -0.349 e. The zero-order valence-corrected chi connectivity index (χ0v) is 14.2. The highest BCUT2D eigenvalue weighted by Gasteiger charge is 2.31. The van der Waals surface area contributed by atoms with Gasteiger partial charge in [-0.3, -0.25) is 9.52 Å². The quantitative estimate of drug-likeness (QED) is 0.830. The molecule has 138 valence electrons. The van der Waals surface area contributed by atoms with Crippen molar-refractivity contribution < 1.29 is 26.4 Å². The highest BCUT2D eigenvalue weighted by atomic mass is 32.2. The van der Waals surface area contributed by atoms with Crippen LogP contribution in [0.15, 0.2) is 53.4 Å². The van der Waals surface area contributed by atoms with E-state index < -0.39 is 26.7 Å². The number of sulfonamides is 1. The molecule has 0 unspecified atom stereocenters. The number of anilines is 1. The summed E-state index contributed by atoms with van der Waals surface area (Å²) in [6.45, 7) is 0. The average Bonchev–Trinajstić information content (AvgIpc) is 3.38. The van der Waals surface area contributed by atoms with Gasteiger partial charge < -0.3 is 5.32 Å². The molecule has 1 aliphatic carbocycles. The molecule has 9 heteroatoms. The third-order valence-corrected chi connectivity index (χ3v) is 5.14. The van der Waals surface area contributed by atoms with Gasteiger partial charge in [0.25, 0.3) is 15.9 Å². The second-order valence-corrected chi connectivity index (χ2v) is 7.64. The number of halogens is 3. The predicted octanol–water partition coefficient (Wildman–Crippen LogP) is 3.40. The molecule has 5 nitrogen and oxygen atoms in total. The maximum absolute atomic E-state index is 12.8. The van der Waals surface area contributed by atoms with Gasteiger partial charge in [-0.25, -0.2) is 8.42 Å². The van der Waals surface area contributed by atoms with Crippen LogP contribution in [0.3, 0.4) is 0 Å². The molecule has 3 rings (SSSR count). The molecule has 1 saturated carbocycles. The van der Waals surface area contributed by atoms with Crippen LogP contribution in [0.25, 0.3) is 0 Å². The summed E-state index contributed by atoms with van der Waals surface area (Å²) in [5.74, 6) is -0.326. The lowest BCUT2D eigenvalue weighted by molar-refractivity contribution is -0.137. The first-order chi connectivity index (χ1) is 12.1. The molecular weight excluding hydrogens is 369 g/mol. The van der Waals surface area contributed by atoms with Crippen LogP contribution in [0.1, 0.15) is 28.8 Å². The van der Waals surface area contributed by atoms with E-state index in [9.17, 15) is 26.4 Å². The lowest BCUT2D eigenvalue weighted by atomic mass is 10.2. The van der Waals surface area contributed by atoms with Crippen molar-refractivity contribution in [1.29, 1.82) is 0 Å². The Bertz CT molecular complexity index is 938. The van der Waals surface area contributed by atoms with Gasteiger partial charge >= 0.3 is 6.18 Å². The monoisotopic (exact) mass is 384 g/mol. The number of carbonyl (C=O) groups is 1. The molecule has 0 saturated heterocycles. The Hall–Kier alpha value is -2.55. The molecule has 0 aromatic heterocycles. The number of amides is 1. The lowest BCUT2D eigenvalue weighted by Gasteiger charge is -2.12. The Morgan fingerprint density at radius 3 is 2.38 bits per heavy atom. The average molecular weight is 384 g/mol. The molecule has 1 aliphatic rings. The summed E-state index contributed by atoms with van der Waals surface area (Å²) < 4.78 is 65.3. The number of hydrogen-bond donors (Lipinski definition) is 2. The summed E-state index contributed by atoms with van der Waals surface area (Å²) in [5.41, 5.74) is -0.704. The van der Waals surface area contributed by atoms with Crippen LogP contribution >= 0.6 is 0 Å². The van der Waals surface area contributed by atoms with E-state index in [1.165, 1.54) is 24.3 Å². The molecule has 0 heterocycles. The Kier molecular flexibility index (Phi) is 4.66. The third-order valence-electron chi connectivity index (χ3n) is 3.76. The highest BCUT2D eigenvalue weighted by molar-refractivity contribution is 7.92. The normalized spacial score (nSPS) is 14.7. The Balaban J connectivity index is 1.82. The van der Waals surface area contributed by atoms with Crippen molar-refractivity contribution in [3.8, 4) is 0 Å². The van der Waals surface area contributed by atoms with Crippen molar-refractivity contribution in [1.82, 2.24) is 5.32 Å². The minimum atomic E-state index is -4.65. The van der Waals surface area contributed by atoms with Crippen LogP contribution in [0.2, 0.25) is 0 Å². The van der Waals surface area contributed by atoms with E-state index in [1.807, 2.05) is 0 Å². The van der Waals surface area contributed by atoms with Crippen LogP contribution in [0.5, 0.6) is 0 Å². The zero-order chi connectivity index (χ0) is 18.9. The summed E-state index contributed by atoms with van der Waals surface area (Å²) in [6, 6.07) is 9.37. The first kappa shape index (κ1) is 18.2. The molecule has 2 N–H and O–H groups in total. The van der Waals surface area contributed by atoms with Crippen LogP contribution in [0.4, 0.5) is 18.9 Å². The van der Waals surface area contributed by atoms with E-state index in [1.54, 1.807) is 0 Å². The fourth-order valence-corrected chi connectivity index (χ4v) is 3.37. The number of alkyl halides is 3.